The van der Waals surface area contributed by atoms with Crippen molar-refractivity contribution in [1.82, 2.24) is 0 Å². The monoisotopic (exact) mass is 261 g/mol. The highest BCUT2D eigenvalue weighted by atomic mass is 19.1. The number of primary amides is 1. The van der Waals surface area contributed by atoms with Crippen LogP contribution in [0.1, 0.15) is 25.3 Å². The van der Waals surface area contributed by atoms with E-state index in [-0.39, 0.29) is 23.4 Å². The molecule has 1 aliphatic heterocycles. The van der Waals surface area contributed by atoms with Gasteiger partial charge in [0.15, 0.2) is 0 Å². The number of carbonyl (C=O) groups excluding carboxylic acids is 1. The minimum Gasteiger partial charge on any atom is -0.369 e. The number of amides is 1. The van der Waals surface area contributed by atoms with Gasteiger partial charge < -0.3 is 10.6 Å². The highest BCUT2D eigenvalue weighted by Crippen LogP contribution is 2.30. The van der Waals surface area contributed by atoms with Crippen molar-refractivity contribution < 1.29 is 9.18 Å². The summed E-state index contributed by atoms with van der Waals surface area (Å²) in [6.45, 7) is 2.44. The van der Waals surface area contributed by atoms with Crippen molar-refractivity contribution in [3.63, 3.8) is 0 Å². The summed E-state index contributed by atoms with van der Waals surface area (Å²) in [7, 11) is 0. The lowest BCUT2D eigenvalue weighted by Crippen LogP contribution is -2.46. The van der Waals surface area contributed by atoms with Crippen LogP contribution in [0.2, 0.25) is 0 Å². The summed E-state index contributed by atoms with van der Waals surface area (Å²) in [6.07, 6.45) is 1.54. The topological polar surface area (TPSA) is 70.1 Å². The van der Waals surface area contributed by atoms with Gasteiger partial charge in [0.2, 0.25) is 5.91 Å². The lowest BCUT2D eigenvalue weighted by molar-refractivity contribution is -0.122. The van der Waals surface area contributed by atoms with Crippen molar-refractivity contribution in [3.8, 4) is 6.07 Å². The maximum atomic E-state index is 13.6. The summed E-state index contributed by atoms with van der Waals surface area (Å²) in [5.74, 6) is -1.12. The Kier molecular flexibility index (Phi) is 3.70. The fourth-order valence-corrected chi connectivity index (χ4v) is 2.54. The summed E-state index contributed by atoms with van der Waals surface area (Å²) in [6, 6.07) is 6.60. The average Bonchev–Trinajstić information content (AvgIpc) is 2.38. The van der Waals surface area contributed by atoms with E-state index in [0.29, 0.717) is 12.2 Å². The van der Waals surface area contributed by atoms with Crippen LogP contribution < -0.4 is 10.6 Å². The van der Waals surface area contributed by atoms with Crippen molar-refractivity contribution in [2.45, 2.75) is 25.8 Å². The second kappa shape index (κ2) is 5.27. The Morgan fingerprint density at radius 3 is 2.89 bits per heavy atom. The molecule has 1 aromatic carbocycles. The highest BCUT2D eigenvalue weighted by Gasteiger charge is 2.30. The smallest absolute Gasteiger partial charge is 0.222 e. The Bertz CT molecular complexity index is 538. The van der Waals surface area contributed by atoms with Gasteiger partial charge >= 0.3 is 0 Å². The van der Waals surface area contributed by atoms with Crippen LogP contribution >= 0.6 is 0 Å². The molecule has 2 unspecified atom stereocenters. The number of anilines is 1. The van der Waals surface area contributed by atoms with Crippen molar-refractivity contribution in [2.75, 3.05) is 11.4 Å². The van der Waals surface area contributed by atoms with Gasteiger partial charge in [0.1, 0.15) is 17.4 Å². The van der Waals surface area contributed by atoms with E-state index in [1.807, 2.05) is 17.9 Å². The molecule has 2 rings (SSSR count). The van der Waals surface area contributed by atoms with Crippen molar-refractivity contribution in [2.24, 2.45) is 11.7 Å². The maximum absolute atomic E-state index is 13.6. The molecule has 1 aliphatic rings. The number of rotatable bonds is 2. The summed E-state index contributed by atoms with van der Waals surface area (Å²) in [4.78, 5) is 13.2. The first-order chi connectivity index (χ1) is 9.04. The van der Waals surface area contributed by atoms with Gasteiger partial charge in [-0.15, -0.1) is 0 Å². The van der Waals surface area contributed by atoms with Gasteiger partial charge in [-0.1, -0.05) is 6.07 Å². The van der Waals surface area contributed by atoms with Gasteiger partial charge in [-0.25, -0.2) is 4.39 Å². The third kappa shape index (κ3) is 2.53. The SMILES string of the molecule is CC1CCC(C(N)=O)CN1c1cccc(F)c1C#N. The summed E-state index contributed by atoms with van der Waals surface area (Å²) < 4.78 is 13.6. The van der Waals surface area contributed by atoms with E-state index < -0.39 is 5.82 Å². The number of halogens is 1. The minimum absolute atomic E-state index is 0.0273. The number of nitrogens with zero attached hydrogens (tertiary/aromatic N) is 2. The van der Waals surface area contributed by atoms with Crippen molar-refractivity contribution in [1.29, 1.82) is 5.26 Å². The fraction of sp³-hybridized carbons (Fsp3) is 0.429. The molecule has 0 aromatic heterocycles. The zero-order chi connectivity index (χ0) is 14.0. The quantitative estimate of drug-likeness (QED) is 0.882. The molecule has 5 heteroatoms. The second-order valence-corrected chi connectivity index (χ2v) is 4.92. The molecule has 0 radical (unpaired) electrons. The van der Waals surface area contributed by atoms with Crippen LogP contribution in [0.3, 0.4) is 0 Å². The number of piperidine rings is 1. The maximum Gasteiger partial charge on any atom is 0.222 e. The first kappa shape index (κ1) is 13.3. The van der Waals surface area contributed by atoms with Gasteiger partial charge in [0, 0.05) is 12.6 Å². The number of nitriles is 1. The largest absolute Gasteiger partial charge is 0.369 e. The molecule has 19 heavy (non-hydrogen) atoms. The summed E-state index contributed by atoms with van der Waals surface area (Å²) in [5, 5.41) is 9.08. The van der Waals surface area contributed by atoms with Crippen LogP contribution in [0.15, 0.2) is 18.2 Å². The fourth-order valence-electron chi connectivity index (χ4n) is 2.54. The molecule has 0 spiro atoms. The molecule has 1 aromatic rings. The van der Waals surface area contributed by atoms with Gasteiger partial charge in [0.25, 0.3) is 0 Å². The molecule has 2 N–H and O–H groups in total. The average molecular weight is 261 g/mol. The third-order valence-electron chi connectivity index (χ3n) is 3.70. The molecule has 1 saturated heterocycles. The van der Waals surface area contributed by atoms with Crippen LogP contribution in [-0.2, 0) is 4.79 Å². The molecular weight excluding hydrogens is 245 g/mol. The van der Waals surface area contributed by atoms with E-state index in [4.69, 9.17) is 11.0 Å². The Morgan fingerprint density at radius 2 is 2.26 bits per heavy atom. The zero-order valence-corrected chi connectivity index (χ0v) is 10.8. The highest BCUT2D eigenvalue weighted by molar-refractivity contribution is 5.78. The number of carbonyl (C=O) groups is 1. The van der Waals surface area contributed by atoms with Crippen LogP contribution in [0.25, 0.3) is 0 Å². The molecular formula is C14H16FN3O. The number of nitrogens with two attached hydrogens (primary N) is 1. The van der Waals surface area contributed by atoms with E-state index >= 15 is 0 Å². The first-order valence-electron chi connectivity index (χ1n) is 6.29. The first-order valence-corrected chi connectivity index (χ1v) is 6.29. The van der Waals surface area contributed by atoms with E-state index in [0.717, 1.165) is 12.8 Å². The molecule has 1 amide bonds. The minimum atomic E-state index is -0.534. The Balaban J connectivity index is 2.37. The van der Waals surface area contributed by atoms with Gasteiger partial charge in [0.05, 0.1) is 11.6 Å². The third-order valence-corrected chi connectivity index (χ3v) is 3.70. The number of benzene rings is 1. The van der Waals surface area contributed by atoms with Crippen molar-refractivity contribution in [3.05, 3.63) is 29.6 Å². The Morgan fingerprint density at radius 1 is 1.53 bits per heavy atom. The van der Waals surface area contributed by atoms with Crippen molar-refractivity contribution >= 4 is 11.6 Å². The van der Waals surface area contributed by atoms with Crippen LogP contribution in [0.4, 0.5) is 10.1 Å². The van der Waals surface area contributed by atoms with E-state index in [9.17, 15) is 9.18 Å². The lowest BCUT2D eigenvalue weighted by Gasteiger charge is -2.39. The van der Waals surface area contributed by atoms with E-state index in [1.165, 1.54) is 6.07 Å². The van der Waals surface area contributed by atoms with Crippen LogP contribution in [0.5, 0.6) is 0 Å². The normalized spacial score (nSPS) is 22.9. The standard InChI is InChI=1S/C14H16FN3O/c1-9-5-6-10(14(17)19)8-18(9)13-4-2-3-12(15)11(13)7-16/h2-4,9-10H,5-6,8H2,1H3,(H2,17,19). The summed E-state index contributed by atoms with van der Waals surface area (Å²) >= 11 is 0. The Labute approximate surface area is 111 Å². The number of hydrogen-bond acceptors (Lipinski definition) is 3. The molecule has 0 aliphatic carbocycles. The predicted octanol–water partition coefficient (Wildman–Crippen LogP) is 1.79. The number of hydrogen-bond donors (Lipinski definition) is 1. The summed E-state index contributed by atoms with van der Waals surface area (Å²) in [5.41, 5.74) is 5.92. The van der Waals surface area contributed by atoms with Crippen LogP contribution in [0, 0.1) is 23.1 Å². The lowest BCUT2D eigenvalue weighted by atomic mass is 9.92. The molecule has 100 valence electrons. The molecule has 0 bridgehead atoms. The van der Waals surface area contributed by atoms with Gasteiger partial charge in [-0.05, 0) is 31.9 Å². The molecule has 1 heterocycles. The molecule has 1 fully saturated rings. The Hall–Kier alpha value is -2.09. The van der Waals surface area contributed by atoms with Crippen LogP contribution in [-0.4, -0.2) is 18.5 Å². The zero-order valence-electron chi connectivity index (χ0n) is 10.8. The molecule has 0 saturated carbocycles. The second-order valence-electron chi connectivity index (χ2n) is 4.92. The van der Waals surface area contributed by atoms with Gasteiger partial charge in [-0.3, -0.25) is 4.79 Å². The van der Waals surface area contributed by atoms with E-state index in [2.05, 4.69) is 0 Å². The predicted molar refractivity (Wildman–Crippen MR) is 69.8 cm³/mol. The van der Waals surface area contributed by atoms with Gasteiger partial charge in [-0.2, -0.15) is 5.26 Å². The molecule has 4 nitrogen and oxygen atoms in total. The molecule has 2 atom stereocenters. The van der Waals surface area contributed by atoms with E-state index in [1.54, 1.807) is 12.1 Å².